The number of nitrogens with two attached hydrogens (primary N) is 1. The van der Waals surface area contributed by atoms with E-state index in [1.54, 1.807) is 11.9 Å². The molecule has 0 atom stereocenters. The van der Waals surface area contributed by atoms with E-state index in [2.05, 4.69) is 4.98 Å². The van der Waals surface area contributed by atoms with Gasteiger partial charge in [0.2, 0.25) is 0 Å². The SMILES string of the molecule is CCN(C)C(=O)c1sc2nc(C)ccc2c1N. The molecular weight excluding hydrogens is 234 g/mol. The zero-order valence-electron chi connectivity index (χ0n) is 10.2. The Kier molecular flexibility index (Phi) is 3.02. The summed E-state index contributed by atoms with van der Waals surface area (Å²) >= 11 is 1.36. The van der Waals surface area contributed by atoms with Gasteiger partial charge in [0.15, 0.2) is 0 Å². The maximum atomic E-state index is 12.1. The summed E-state index contributed by atoms with van der Waals surface area (Å²) in [6.07, 6.45) is 0. The number of rotatable bonds is 2. The summed E-state index contributed by atoms with van der Waals surface area (Å²) in [6, 6.07) is 3.83. The van der Waals surface area contributed by atoms with Crippen molar-refractivity contribution in [2.24, 2.45) is 0 Å². The normalized spacial score (nSPS) is 10.8. The number of amides is 1. The minimum Gasteiger partial charge on any atom is -0.397 e. The van der Waals surface area contributed by atoms with E-state index in [1.807, 2.05) is 26.0 Å². The standard InChI is InChI=1S/C12H15N3OS/c1-4-15(3)12(16)10-9(13)8-6-5-7(2)14-11(8)17-10/h5-6H,4,13H2,1-3H3. The maximum Gasteiger partial charge on any atom is 0.265 e. The van der Waals surface area contributed by atoms with Gasteiger partial charge in [0.1, 0.15) is 9.71 Å². The fourth-order valence-electron chi connectivity index (χ4n) is 1.57. The Morgan fingerprint density at radius 2 is 2.24 bits per heavy atom. The highest BCUT2D eigenvalue weighted by molar-refractivity contribution is 7.21. The molecule has 0 aliphatic heterocycles. The number of nitrogens with zero attached hydrogens (tertiary/aromatic N) is 2. The zero-order chi connectivity index (χ0) is 12.6. The highest BCUT2D eigenvalue weighted by Gasteiger charge is 2.19. The molecule has 0 spiro atoms. The molecule has 4 nitrogen and oxygen atoms in total. The number of fused-ring (bicyclic) bond motifs is 1. The van der Waals surface area contributed by atoms with Gasteiger partial charge in [-0.05, 0) is 26.0 Å². The first-order chi connectivity index (χ1) is 8.04. The number of carbonyl (C=O) groups excluding carboxylic acids is 1. The third-order valence-corrected chi connectivity index (χ3v) is 3.85. The fourth-order valence-corrected chi connectivity index (χ4v) is 2.70. The lowest BCUT2D eigenvalue weighted by Gasteiger charge is -2.13. The molecule has 0 bridgehead atoms. The van der Waals surface area contributed by atoms with E-state index in [9.17, 15) is 4.79 Å². The molecule has 17 heavy (non-hydrogen) atoms. The molecule has 0 aromatic carbocycles. The first kappa shape index (κ1) is 11.9. The molecule has 2 aromatic heterocycles. The minimum atomic E-state index is -0.0364. The van der Waals surface area contributed by atoms with E-state index in [1.165, 1.54) is 11.3 Å². The van der Waals surface area contributed by atoms with Crippen LogP contribution in [0.2, 0.25) is 0 Å². The van der Waals surface area contributed by atoms with E-state index in [0.717, 1.165) is 15.9 Å². The fraction of sp³-hybridized carbons (Fsp3) is 0.333. The summed E-state index contributed by atoms with van der Waals surface area (Å²) in [5.41, 5.74) is 7.48. The van der Waals surface area contributed by atoms with E-state index in [-0.39, 0.29) is 5.91 Å². The second-order valence-electron chi connectivity index (χ2n) is 3.97. The van der Waals surface area contributed by atoms with Crippen molar-refractivity contribution >= 4 is 33.1 Å². The lowest BCUT2D eigenvalue weighted by molar-refractivity contribution is 0.0808. The number of nitrogen functional groups attached to an aromatic ring is 1. The van der Waals surface area contributed by atoms with Gasteiger partial charge in [0, 0.05) is 24.7 Å². The van der Waals surface area contributed by atoms with Gasteiger partial charge >= 0.3 is 0 Å². The average Bonchev–Trinajstić information content (AvgIpc) is 2.64. The topological polar surface area (TPSA) is 59.2 Å². The van der Waals surface area contributed by atoms with Crippen LogP contribution in [0.3, 0.4) is 0 Å². The van der Waals surface area contributed by atoms with Gasteiger partial charge in [-0.3, -0.25) is 4.79 Å². The smallest absolute Gasteiger partial charge is 0.265 e. The number of hydrogen-bond acceptors (Lipinski definition) is 4. The molecule has 0 saturated heterocycles. The van der Waals surface area contributed by atoms with Crippen LogP contribution >= 0.6 is 11.3 Å². The van der Waals surface area contributed by atoms with Gasteiger partial charge in [-0.1, -0.05) is 0 Å². The van der Waals surface area contributed by atoms with Crippen molar-refractivity contribution in [1.82, 2.24) is 9.88 Å². The minimum absolute atomic E-state index is 0.0364. The van der Waals surface area contributed by atoms with Crippen molar-refractivity contribution in [1.29, 1.82) is 0 Å². The monoisotopic (exact) mass is 249 g/mol. The molecule has 0 radical (unpaired) electrons. The van der Waals surface area contributed by atoms with Crippen LogP contribution in [0.25, 0.3) is 10.2 Å². The first-order valence-electron chi connectivity index (χ1n) is 5.45. The third kappa shape index (κ3) is 1.98. The molecule has 1 amide bonds. The third-order valence-electron chi connectivity index (χ3n) is 2.75. The van der Waals surface area contributed by atoms with Crippen molar-refractivity contribution in [3.05, 3.63) is 22.7 Å². The van der Waals surface area contributed by atoms with E-state index in [0.29, 0.717) is 17.1 Å². The Balaban J connectivity index is 2.56. The van der Waals surface area contributed by atoms with Gasteiger partial charge in [-0.15, -0.1) is 11.3 Å². The zero-order valence-corrected chi connectivity index (χ0v) is 11.0. The summed E-state index contributed by atoms with van der Waals surface area (Å²) in [6.45, 7) is 4.53. The summed E-state index contributed by atoms with van der Waals surface area (Å²) in [7, 11) is 1.77. The molecule has 0 saturated carbocycles. The molecule has 5 heteroatoms. The molecule has 2 heterocycles. The summed E-state index contributed by atoms with van der Waals surface area (Å²) in [5.74, 6) is -0.0364. The van der Waals surface area contributed by atoms with Crippen molar-refractivity contribution < 1.29 is 4.79 Å². The predicted octanol–water partition coefficient (Wildman–Crippen LogP) is 2.28. The quantitative estimate of drug-likeness (QED) is 0.888. The second kappa shape index (κ2) is 4.33. The molecule has 2 aromatic rings. The Bertz CT molecular complexity index is 576. The van der Waals surface area contributed by atoms with Crippen LogP contribution < -0.4 is 5.73 Å². The number of aromatic nitrogens is 1. The van der Waals surface area contributed by atoms with E-state index in [4.69, 9.17) is 5.73 Å². The van der Waals surface area contributed by atoms with Crippen LogP contribution in [0.15, 0.2) is 12.1 Å². The molecule has 0 fully saturated rings. The summed E-state index contributed by atoms with van der Waals surface area (Å²) in [4.78, 5) is 19.5. The second-order valence-corrected chi connectivity index (χ2v) is 4.97. The maximum absolute atomic E-state index is 12.1. The number of thiophene rings is 1. The van der Waals surface area contributed by atoms with E-state index < -0.39 is 0 Å². The van der Waals surface area contributed by atoms with E-state index >= 15 is 0 Å². The summed E-state index contributed by atoms with van der Waals surface area (Å²) < 4.78 is 0. The van der Waals surface area contributed by atoms with Crippen molar-refractivity contribution in [3.63, 3.8) is 0 Å². The molecule has 0 unspecified atom stereocenters. The number of hydrogen-bond donors (Lipinski definition) is 1. The van der Waals surface area contributed by atoms with Crippen LogP contribution in [-0.4, -0.2) is 29.4 Å². The molecule has 0 aliphatic rings. The predicted molar refractivity (Wildman–Crippen MR) is 71.4 cm³/mol. The molecular formula is C12H15N3OS. The lowest BCUT2D eigenvalue weighted by Crippen LogP contribution is -2.25. The molecule has 90 valence electrons. The number of pyridine rings is 1. The van der Waals surface area contributed by atoms with Crippen LogP contribution in [-0.2, 0) is 0 Å². The van der Waals surface area contributed by atoms with Crippen molar-refractivity contribution in [2.45, 2.75) is 13.8 Å². The number of anilines is 1. The van der Waals surface area contributed by atoms with Gasteiger partial charge in [0.25, 0.3) is 5.91 Å². The van der Waals surface area contributed by atoms with Crippen LogP contribution in [0.5, 0.6) is 0 Å². The molecule has 2 N–H and O–H groups in total. The first-order valence-corrected chi connectivity index (χ1v) is 6.27. The van der Waals surface area contributed by atoms with Crippen molar-refractivity contribution in [2.75, 3.05) is 19.3 Å². The Labute approximate surface area is 104 Å². The number of aryl methyl sites for hydroxylation is 1. The van der Waals surface area contributed by atoms with Gasteiger partial charge < -0.3 is 10.6 Å². The van der Waals surface area contributed by atoms with Gasteiger partial charge in [0.05, 0.1) is 5.69 Å². The average molecular weight is 249 g/mol. The van der Waals surface area contributed by atoms with Crippen molar-refractivity contribution in [3.8, 4) is 0 Å². The van der Waals surface area contributed by atoms with Gasteiger partial charge in [-0.2, -0.15) is 0 Å². The van der Waals surface area contributed by atoms with Crippen LogP contribution in [0.1, 0.15) is 22.3 Å². The number of carbonyl (C=O) groups is 1. The highest BCUT2D eigenvalue weighted by atomic mass is 32.1. The summed E-state index contributed by atoms with van der Waals surface area (Å²) in [5, 5.41) is 0.869. The molecule has 2 rings (SSSR count). The van der Waals surface area contributed by atoms with Gasteiger partial charge in [-0.25, -0.2) is 4.98 Å². The highest BCUT2D eigenvalue weighted by Crippen LogP contribution is 2.33. The Morgan fingerprint density at radius 1 is 1.53 bits per heavy atom. The Hall–Kier alpha value is -1.62. The lowest BCUT2D eigenvalue weighted by atomic mass is 10.2. The largest absolute Gasteiger partial charge is 0.397 e. The van der Waals surface area contributed by atoms with Crippen LogP contribution in [0, 0.1) is 6.92 Å². The molecule has 0 aliphatic carbocycles. The van der Waals surface area contributed by atoms with Crippen LogP contribution in [0.4, 0.5) is 5.69 Å². The Morgan fingerprint density at radius 3 is 2.88 bits per heavy atom.